The molecule has 1 atom stereocenters. The second-order valence-electron chi connectivity index (χ2n) is 3.85. The van der Waals surface area contributed by atoms with Crippen molar-refractivity contribution in [3.8, 4) is 0 Å². The van der Waals surface area contributed by atoms with Gasteiger partial charge in [-0.15, -0.1) is 0 Å². The van der Waals surface area contributed by atoms with Crippen LogP contribution in [0.25, 0.3) is 0 Å². The predicted molar refractivity (Wildman–Crippen MR) is 63.0 cm³/mol. The van der Waals surface area contributed by atoms with Gasteiger partial charge in [0.2, 0.25) is 5.91 Å². The molecule has 0 aromatic carbocycles. The maximum Gasteiger partial charge on any atom is 0.224 e. The van der Waals surface area contributed by atoms with Gasteiger partial charge in [0.05, 0.1) is 13.2 Å². The Kier molecular flexibility index (Phi) is 9.18. The largest absolute Gasteiger partial charge is 0.395 e. The van der Waals surface area contributed by atoms with Crippen molar-refractivity contribution >= 4 is 5.91 Å². The third-order valence-corrected chi connectivity index (χ3v) is 2.38. The zero-order chi connectivity index (χ0) is 12.4. The molecule has 16 heavy (non-hydrogen) atoms. The predicted octanol–water partition coefficient (Wildman–Crippen LogP) is -0.0288. The van der Waals surface area contributed by atoms with Crippen molar-refractivity contribution in [1.82, 2.24) is 4.90 Å². The number of nitrogens with zero attached hydrogens (tertiary/aromatic N) is 1. The van der Waals surface area contributed by atoms with E-state index in [0.717, 1.165) is 12.8 Å². The molecule has 5 nitrogen and oxygen atoms in total. The first-order valence-corrected chi connectivity index (χ1v) is 5.78. The molecule has 5 heteroatoms. The van der Waals surface area contributed by atoms with Crippen molar-refractivity contribution in [2.75, 3.05) is 33.4 Å². The lowest BCUT2D eigenvalue weighted by atomic mass is 10.1. The number of carbonyl (C=O) groups is 1. The van der Waals surface area contributed by atoms with Crippen LogP contribution in [0.1, 0.15) is 26.2 Å². The molecule has 0 heterocycles. The summed E-state index contributed by atoms with van der Waals surface area (Å²) in [6.07, 6.45) is 2.17. The monoisotopic (exact) mass is 232 g/mol. The van der Waals surface area contributed by atoms with Crippen LogP contribution in [-0.2, 0) is 9.53 Å². The smallest absolute Gasteiger partial charge is 0.224 e. The molecule has 0 fully saturated rings. The van der Waals surface area contributed by atoms with E-state index in [4.69, 9.17) is 15.6 Å². The Labute approximate surface area is 97.6 Å². The van der Waals surface area contributed by atoms with E-state index < -0.39 is 0 Å². The molecule has 0 rings (SSSR count). The van der Waals surface area contributed by atoms with Gasteiger partial charge >= 0.3 is 0 Å². The molecular weight excluding hydrogens is 208 g/mol. The third kappa shape index (κ3) is 6.76. The van der Waals surface area contributed by atoms with Gasteiger partial charge in [-0.1, -0.05) is 13.3 Å². The van der Waals surface area contributed by atoms with Crippen LogP contribution in [0.4, 0.5) is 0 Å². The Morgan fingerprint density at radius 2 is 2.19 bits per heavy atom. The summed E-state index contributed by atoms with van der Waals surface area (Å²) in [7, 11) is 1.59. The zero-order valence-electron chi connectivity index (χ0n) is 10.3. The summed E-state index contributed by atoms with van der Waals surface area (Å²) in [5, 5.41) is 8.86. The van der Waals surface area contributed by atoms with E-state index in [1.54, 1.807) is 12.0 Å². The van der Waals surface area contributed by atoms with Crippen molar-refractivity contribution in [3.05, 3.63) is 0 Å². The van der Waals surface area contributed by atoms with Crippen molar-refractivity contribution < 1.29 is 14.6 Å². The highest BCUT2D eigenvalue weighted by Crippen LogP contribution is 2.02. The Morgan fingerprint density at radius 1 is 1.50 bits per heavy atom. The fourth-order valence-corrected chi connectivity index (χ4v) is 1.51. The fourth-order valence-electron chi connectivity index (χ4n) is 1.51. The number of aliphatic hydroxyl groups excluding tert-OH is 1. The molecule has 0 aliphatic heterocycles. The summed E-state index contributed by atoms with van der Waals surface area (Å²) < 4.78 is 4.91. The van der Waals surface area contributed by atoms with Crippen LogP contribution in [-0.4, -0.2) is 55.4 Å². The number of ether oxygens (including phenoxy) is 1. The molecule has 96 valence electrons. The van der Waals surface area contributed by atoms with Gasteiger partial charge in [0, 0.05) is 32.7 Å². The first-order valence-electron chi connectivity index (χ1n) is 5.78. The molecule has 0 aliphatic rings. The second-order valence-corrected chi connectivity index (χ2v) is 3.85. The average molecular weight is 232 g/mol. The van der Waals surface area contributed by atoms with Crippen LogP contribution >= 0.6 is 0 Å². The molecule has 0 radical (unpaired) electrons. The maximum absolute atomic E-state index is 11.8. The van der Waals surface area contributed by atoms with Crippen LogP contribution < -0.4 is 5.73 Å². The quantitative estimate of drug-likeness (QED) is 0.585. The number of hydrogen-bond donors (Lipinski definition) is 2. The van der Waals surface area contributed by atoms with Crippen molar-refractivity contribution in [1.29, 1.82) is 0 Å². The summed E-state index contributed by atoms with van der Waals surface area (Å²) in [5.41, 5.74) is 5.81. The topological polar surface area (TPSA) is 75.8 Å². The Balaban J connectivity index is 4.04. The van der Waals surface area contributed by atoms with Crippen molar-refractivity contribution in [2.45, 2.75) is 32.2 Å². The molecule has 0 aromatic heterocycles. The number of nitrogens with two attached hydrogens (primary N) is 1. The molecule has 1 unspecified atom stereocenters. The van der Waals surface area contributed by atoms with Crippen molar-refractivity contribution in [3.63, 3.8) is 0 Å². The maximum atomic E-state index is 11.8. The van der Waals surface area contributed by atoms with E-state index in [9.17, 15) is 4.79 Å². The molecular formula is C11H24N2O3. The Morgan fingerprint density at radius 3 is 2.69 bits per heavy atom. The summed E-state index contributed by atoms with van der Waals surface area (Å²) in [6, 6.07) is -0.0822. The standard InChI is InChI=1S/C11H24N2O3/c1-3-4-10(12)9-11(15)13(5-7-14)6-8-16-2/h10,14H,3-9,12H2,1-2H3. The number of amides is 1. The van der Waals surface area contributed by atoms with Crippen LogP contribution in [0.3, 0.4) is 0 Å². The summed E-state index contributed by atoms with van der Waals surface area (Å²) >= 11 is 0. The number of methoxy groups -OCH3 is 1. The van der Waals surface area contributed by atoms with Gasteiger partial charge in [0.15, 0.2) is 0 Å². The molecule has 0 aromatic rings. The van der Waals surface area contributed by atoms with E-state index in [2.05, 4.69) is 0 Å². The fraction of sp³-hybridized carbons (Fsp3) is 0.909. The lowest BCUT2D eigenvalue weighted by Gasteiger charge is -2.23. The van der Waals surface area contributed by atoms with Crippen LogP contribution in [0.2, 0.25) is 0 Å². The lowest BCUT2D eigenvalue weighted by molar-refractivity contribution is -0.132. The van der Waals surface area contributed by atoms with Gasteiger partial charge in [0.1, 0.15) is 0 Å². The normalized spacial score (nSPS) is 12.5. The third-order valence-electron chi connectivity index (χ3n) is 2.38. The van der Waals surface area contributed by atoms with E-state index >= 15 is 0 Å². The van der Waals surface area contributed by atoms with Gasteiger partial charge < -0.3 is 20.5 Å². The average Bonchev–Trinajstić information content (AvgIpc) is 2.24. The van der Waals surface area contributed by atoms with Gasteiger partial charge in [-0.3, -0.25) is 4.79 Å². The number of rotatable bonds is 9. The zero-order valence-corrected chi connectivity index (χ0v) is 10.3. The highest BCUT2D eigenvalue weighted by Gasteiger charge is 2.15. The van der Waals surface area contributed by atoms with Crippen LogP contribution in [0.15, 0.2) is 0 Å². The molecule has 0 saturated carbocycles. The van der Waals surface area contributed by atoms with E-state index in [1.165, 1.54) is 0 Å². The van der Waals surface area contributed by atoms with E-state index in [1.807, 2.05) is 6.92 Å². The minimum Gasteiger partial charge on any atom is -0.395 e. The highest BCUT2D eigenvalue weighted by molar-refractivity contribution is 5.76. The SMILES string of the molecule is CCCC(N)CC(=O)N(CCO)CCOC. The van der Waals surface area contributed by atoms with Gasteiger partial charge in [-0.05, 0) is 6.42 Å². The molecule has 0 spiro atoms. The van der Waals surface area contributed by atoms with Gasteiger partial charge in [-0.2, -0.15) is 0 Å². The molecule has 0 saturated heterocycles. The summed E-state index contributed by atoms with van der Waals surface area (Å²) in [5.74, 6) is -0.00736. The number of carbonyl (C=O) groups excluding carboxylic acids is 1. The van der Waals surface area contributed by atoms with Crippen LogP contribution in [0, 0.1) is 0 Å². The lowest BCUT2D eigenvalue weighted by Crippen LogP contribution is -2.39. The Hall–Kier alpha value is -0.650. The molecule has 0 bridgehead atoms. The summed E-state index contributed by atoms with van der Waals surface area (Å²) in [6.45, 7) is 3.35. The first kappa shape index (κ1) is 15.3. The molecule has 3 N–H and O–H groups in total. The number of aliphatic hydroxyl groups is 1. The Bertz CT molecular complexity index is 188. The minimum absolute atomic E-state index is 0.00736. The minimum atomic E-state index is -0.0822. The second kappa shape index (κ2) is 9.57. The van der Waals surface area contributed by atoms with Crippen molar-refractivity contribution in [2.24, 2.45) is 5.73 Å². The van der Waals surface area contributed by atoms with Crippen LogP contribution in [0.5, 0.6) is 0 Å². The first-order chi connectivity index (χ1) is 7.65. The van der Waals surface area contributed by atoms with E-state index in [0.29, 0.717) is 26.1 Å². The van der Waals surface area contributed by atoms with Gasteiger partial charge in [-0.25, -0.2) is 0 Å². The van der Waals surface area contributed by atoms with Gasteiger partial charge in [0.25, 0.3) is 0 Å². The highest BCUT2D eigenvalue weighted by atomic mass is 16.5. The number of hydrogen-bond acceptors (Lipinski definition) is 4. The van der Waals surface area contributed by atoms with E-state index in [-0.39, 0.29) is 18.6 Å². The molecule has 0 aliphatic carbocycles. The molecule has 1 amide bonds. The summed E-state index contributed by atoms with van der Waals surface area (Å²) in [4.78, 5) is 13.4.